The Hall–Kier alpha value is -0.570. The third-order valence-corrected chi connectivity index (χ3v) is 7.62. The van der Waals surface area contributed by atoms with E-state index in [1.165, 1.54) is 116 Å². The minimum Gasteiger partial charge on any atom is -0.477 e. The van der Waals surface area contributed by atoms with Crippen molar-refractivity contribution < 1.29 is 14.4 Å². The summed E-state index contributed by atoms with van der Waals surface area (Å²) in [7, 11) is 0. The molecule has 1 N–H and O–H groups in total. The number of hydrogen-bond acceptors (Lipinski definition) is 1. The fourth-order valence-electron chi connectivity index (χ4n) is 5.11. The van der Waals surface area contributed by atoms with Gasteiger partial charge in [0.05, 0.1) is 19.1 Å². The van der Waals surface area contributed by atoms with E-state index in [1.807, 2.05) is 0 Å². The highest BCUT2D eigenvalue weighted by Gasteiger charge is 2.32. The maximum Gasteiger partial charge on any atom is 0.359 e. The average molecular weight is 441 g/mol. The first kappa shape index (κ1) is 30.4. The molecule has 0 aliphatic heterocycles. The molecule has 1 atom stereocenters. The summed E-state index contributed by atoms with van der Waals surface area (Å²) in [5.41, 5.74) is 0. The summed E-state index contributed by atoms with van der Waals surface area (Å²) in [6, 6.07) is 0.451. The van der Waals surface area contributed by atoms with Gasteiger partial charge in [-0.05, 0) is 33.6 Å². The van der Waals surface area contributed by atoms with Gasteiger partial charge in [-0.15, -0.1) is 0 Å². The summed E-state index contributed by atoms with van der Waals surface area (Å²) < 4.78 is 0.730. The van der Waals surface area contributed by atoms with Crippen molar-refractivity contribution in [2.45, 2.75) is 156 Å². The van der Waals surface area contributed by atoms with E-state index < -0.39 is 5.97 Å². The molecule has 3 heteroatoms. The van der Waals surface area contributed by atoms with E-state index in [0.29, 0.717) is 6.04 Å². The number of quaternary nitrogens is 1. The Morgan fingerprint density at radius 1 is 0.613 bits per heavy atom. The van der Waals surface area contributed by atoms with E-state index in [4.69, 9.17) is 0 Å². The van der Waals surface area contributed by atoms with Crippen molar-refractivity contribution in [3.05, 3.63) is 0 Å². The molecule has 1 unspecified atom stereocenters. The smallest absolute Gasteiger partial charge is 0.359 e. The van der Waals surface area contributed by atoms with Crippen LogP contribution in [0.2, 0.25) is 0 Å². The standard InChI is InChI=1S/C28H57NO2/c1-5-8-9-10-11-12-13-14-15-16-17-18-19-20-21-22-23-24-25-27(4)29(6-2,7-3)26-28(30)31/h27H,5-26H2,1-4H3/p+1. The highest BCUT2D eigenvalue weighted by molar-refractivity contribution is 5.67. The van der Waals surface area contributed by atoms with Crippen molar-refractivity contribution in [1.29, 1.82) is 0 Å². The topological polar surface area (TPSA) is 37.3 Å². The molecule has 0 aromatic carbocycles. The Morgan fingerprint density at radius 2 is 0.935 bits per heavy atom. The number of carboxylic acid groups (broad SMARTS) is 1. The third-order valence-electron chi connectivity index (χ3n) is 7.62. The van der Waals surface area contributed by atoms with Gasteiger partial charge in [-0.1, -0.05) is 116 Å². The van der Waals surface area contributed by atoms with E-state index in [9.17, 15) is 9.90 Å². The highest BCUT2D eigenvalue weighted by atomic mass is 16.4. The normalized spacial score (nSPS) is 12.9. The fourth-order valence-corrected chi connectivity index (χ4v) is 5.11. The lowest BCUT2D eigenvalue weighted by Gasteiger charge is -2.41. The molecule has 0 rings (SSSR count). The number of carbonyl (C=O) groups is 1. The van der Waals surface area contributed by atoms with Crippen molar-refractivity contribution in [3.63, 3.8) is 0 Å². The van der Waals surface area contributed by atoms with Crippen LogP contribution in [0.3, 0.4) is 0 Å². The molecular weight excluding hydrogens is 382 g/mol. The van der Waals surface area contributed by atoms with Gasteiger partial charge in [-0.3, -0.25) is 0 Å². The second-order valence-electron chi connectivity index (χ2n) is 10.1. The van der Waals surface area contributed by atoms with Gasteiger partial charge in [0.25, 0.3) is 0 Å². The maximum atomic E-state index is 11.3. The summed E-state index contributed by atoms with van der Waals surface area (Å²) in [5.74, 6) is -0.659. The molecule has 0 aromatic rings. The van der Waals surface area contributed by atoms with E-state index in [-0.39, 0.29) is 6.54 Å². The van der Waals surface area contributed by atoms with Gasteiger partial charge in [0.2, 0.25) is 0 Å². The van der Waals surface area contributed by atoms with E-state index in [2.05, 4.69) is 27.7 Å². The number of rotatable bonds is 24. The van der Waals surface area contributed by atoms with Crippen LogP contribution in [0.5, 0.6) is 0 Å². The van der Waals surface area contributed by atoms with Gasteiger partial charge in [0.1, 0.15) is 0 Å². The highest BCUT2D eigenvalue weighted by Crippen LogP contribution is 2.20. The zero-order chi connectivity index (χ0) is 23.2. The number of aliphatic carboxylic acids is 1. The largest absolute Gasteiger partial charge is 0.477 e. The van der Waals surface area contributed by atoms with E-state index >= 15 is 0 Å². The molecule has 3 nitrogen and oxygen atoms in total. The van der Waals surface area contributed by atoms with Gasteiger partial charge in [-0.2, -0.15) is 0 Å². The van der Waals surface area contributed by atoms with Crippen LogP contribution in [0.1, 0.15) is 150 Å². The van der Waals surface area contributed by atoms with Crippen LogP contribution in [-0.2, 0) is 4.79 Å². The Balaban J connectivity index is 3.45. The lowest BCUT2D eigenvalue weighted by molar-refractivity contribution is -0.940. The van der Waals surface area contributed by atoms with Crippen LogP contribution in [0.15, 0.2) is 0 Å². The zero-order valence-electron chi connectivity index (χ0n) is 21.9. The predicted molar refractivity (Wildman–Crippen MR) is 137 cm³/mol. The minimum absolute atomic E-state index is 0.271. The first-order valence-corrected chi connectivity index (χ1v) is 14.1. The Morgan fingerprint density at radius 3 is 1.23 bits per heavy atom. The molecule has 0 bridgehead atoms. The number of unbranched alkanes of at least 4 members (excludes halogenated alkanes) is 17. The van der Waals surface area contributed by atoms with E-state index in [1.54, 1.807) is 0 Å². The second-order valence-corrected chi connectivity index (χ2v) is 10.1. The molecule has 0 heterocycles. The maximum absolute atomic E-state index is 11.3. The van der Waals surface area contributed by atoms with Crippen LogP contribution in [0.4, 0.5) is 0 Å². The SMILES string of the molecule is CCCCCCCCCCCCCCCCCCCCC(C)[N+](CC)(CC)CC(=O)O. The number of likely N-dealkylation sites (N-methyl/N-ethyl adjacent to an activating group) is 1. The molecule has 0 aliphatic carbocycles. The molecule has 0 amide bonds. The van der Waals surface area contributed by atoms with Gasteiger partial charge in [-0.25, -0.2) is 4.79 Å². The second kappa shape index (κ2) is 21.3. The van der Waals surface area contributed by atoms with Crippen molar-refractivity contribution in [2.75, 3.05) is 19.6 Å². The molecule has 0 saturated carbocycles. The summed E-state index contributed by atoms with van der Waals surface area (Å²) in [6.45, 7) is 10.9. The fraction of sp³-hybridized carbons (Fsp3) is 0.964. The first-order chi connectivity index (χ1) is 15.0. The number of nitrogens with zero attached hydrogens (tertiary/aromatic N) is 1. The van der Waals surface area contributed by atoms with Gasteiger partial charge >= 0.3 is 5.97 Å². The van der Waals surface area contributed by atoms with Crippen LogP contribution >= 0.6 is 0 Å². The predicted octanol–water partition coefficient (Wildman–Crippen LogP) is 8.75. The molecule has 186 valence electrons. The molecular formula is C28H58NO2+. The Bertz CT molecular complexity index is 392. The average Bonchev–Trinajstić information content (AvgIpc) is 2.76. The van der Waals surface area contributed by atoms with Crippen molar-refractivity contribution >= 4 is 5.97 Å². The van der Waals surface area contributed by atoms with Crippen LogP contribution < -0.4 is 0 Å². The van der Waals surface area contributed by atoms with E-state index in [0.717, 1.165) is 24.0 Å². The van der Waals surface area contributed by atoms with Gasteiger partial charge in [0.15, 0.2) is 6.54 Å². The van der Waals surface area contributed by atoms with Gasteiger partial charge in [0, 0.05) is 0 Å². The van der Waals surface area contributed by atoms with Crippen molar-refractivity contribution in [1.82, 2.24) is 0 Å². The molecule has 0 saturated heterocycles. The number of hydrogen-bond donors (Lipinski definition) is 1. The molecule has 31 heavy (non-hydrogen) atoms. The zero-order valence-corrected chi connectivity index (χ0v) is 21.9. The van der Waals surface area contributed by atoms with Crippen LogP contribution in [0, 0.1) is 0 Å². The van der Waals surface area contributed by atoms with Gasteiger partial charge < -0.3 is 9.59 Å². The molecule has 0 radical (unpaired) electrons. The Kier molecular flexibility index (Phi) is 20.9. The molecule has 0 aliphatic rings. The first-order valence-electron chi connectivity index (χ1n) is 14.1. The molecule has 0 aromatic heterocycles. The lowest BCUT2D eigenvalue weighted by Crippen LogP contribution is -2.56. The Labute approximate surface area is 196 Å². The summed E-state index contributed by atoms with van der Waals surface area (Å²) in [6.07, 6.45) is 26.5. The number of carboxylic acids is 1. The third kappa shape index (κ3) is 16.7. The summed E-state index contributed by atoms with van der Waals surface area (Å²) >= 11 is 0. The van der Waals surface area contributed by atoms with Crippen LogP contribution in [-0.4, -0.2) is 41.2 Å². The lowest BCUT2D eigenvalue weighted by atomic mass is 10.0. The van der Waals surface area contributed by atoms with Crippen molar-refractivity contribution in [2.24, 2.45) is 0 Å². The van der Waals surface area contributed by atoms with Crippen LogP contribution in [0.25, 0.3) is 0 Å². The summed E-state index contributed by atoms with van der Waals surface area (Å²) in [5, 5.41) is 9.27. The summed E-state index contributed by atoms with van der Waals surface area (Å²) in [4.78, 5) is 11.3. The monoisotopic (exact) mass is 440 g/mol. The molecule has 0 fully saturated rings. The molecule has 0 spiro atoms. The quantitative estimate of drug-likeness (QED) is 0.120. The minimum atomic E-state index is -0.659. The van der Waals surface area contributed by atoms with Crippen molar-refractivity contribution in [3.8, 4) is 0 Å².